The van der Waals surface area contributed by atoms with E-state index >= 15 is 0 Å². The number of furan rings is 1. The van der Waals surface area contributed by atoms with Gasteiger partial charge in [-0.25, -0.2) is 0 Å². The fourth-order valence-electron chi connectivity index (χ4n) is 1.77. The summed E-state index contributed by atoms with van der Waals surface area (Å²) in [4.78, 5) is 0. The monoisotopic (exact) mass is 215 g/mol. The van der Waals surface area contributed by atoms with Crippen LogP contribution in [-0.4, -0.2) is 17.2 Å². The predicted octanol–water partition coefficient (Wildman–Crippen LogP) is 1.27. The lowest BCUT2D eigenvalue weighted by atomic mass is 9.79. The Labute approximate surface area is 96.3 Å². The van der Waals surface area contributed by atoms with E-state index in [1.54, 1.807) is 0 Å². The number of rotatable bonds is 1. The Balaban J connectivity index is 2.53. The zero-order valence-electron chi connectivity index (χ0n) is 11.2. The number of hydrogen-bond acceptors (Lipinski definition) is 3. The van der Waals surface area contributed by atoms with Crippen molar-refractivity contribution in [3.05, 3.63) is 42.4 Å². The molecular formula is C12H9BO3. The molecule has 0 aliphatic rings. The molecule has 1 aromatic heterocycles. The van der Waals surface area contributed by atoms with Crippen LogP contribution in [-0.2, 0) is 0 Å². The van der Waals surface area contributed by atoms with Crippen LogP contribution < -0.4 is 5.46 Å². The van der Waals surface area contributed by atoms with Crippen molar-refractivity contribution in [2.45, 2.75) is 0 Å². The molecule has 2 N–H and O–H groups in total. The lowest BCUT2D eigenvalue weighted by Gasteiger charge is -1.98. The molecular weight excluding hydrogens is 203 g/mol. The highest BCUT2D eigenvalue weighted by atomic mass is 16.4. The van der Waals surface area contributed by atoms with Gasteiger partial charge in [0.05, 0.1) is 4.11 Å². The van der Waals surface area contributed by atoms with Crippen molar-refractivity contribution in [3.63, 3.8) is 0 Å². The van der Waals surface area contributed by atoms with Crippen molar-refractivity contribution in [1.82, 2.24) is 0 Å². The fourth-order valence-corrected chi connectivity index (χ4v) is 1.77. The molecule has 2 aromatic carbocycles. The van der Waals surface area contributed by atoms with Crippen LogP contribution in [0.25, 0.3) is 21.9 Å². The first kappa shape index (κ1) is 6.73. The number of hydrogen-bond donors (Lipinski definition) is 2. The summed E-state index contributed by atoms with van der Waals surface area (Å²) >= 11 is 0. The molecule has 0 bridgehead atoms. The molecule has 3 rings (SSSR count). The van der Waals surface area contributed by atoms with E-state index in [9.17, 15) is 10.0 Å². The van der Waals surface area contributed by atoms with Gasteiger partial charge in [0.2, 0.25) is 0 Å². The van der Waals surface area contributed by atoms with Gasteiger partial charge in [0.15, 0.2) is 0 Å². The molecule has 16 heavy (non-hydrogen) atoms. The first-order chi connectivity index (χ1) is 8.97. The summed E-state index contributed by atoms with van der Waals surface area (Å²) in [5.74, 6) is 0. The molecule has 0 atom stereocenters. The first-order valence-electron chi connectivity index (χ1n) is 6.27. The Kier molecular flexibility index (Phi) is 1.42. The van der Waals surface area contributed by atoms with Gasteiger partial charge < -0.3 is 14.5 Å². The Morgan fingerprint density at radius 1 is 1.12 bits per heavy atom. The molecule has 0 aliphatic carbocycles. The van der Waals surface area contributed by atoms with Gasteiger partial charge in [-0.1, -0.05) is 36.4 Å². The molecule has 0 fully saturated rings. The van der Waals surface area contributed by atoms with Crippen LogP contribution >= 0.6 is 0 Å². The van der Waals surface area contributed by atoms with E-state index in [4.69, 9.17) is 8.53 Å². The second-order valence-electron chi connectivity index (χ2n) is 3.47. The van der Waals surface area contributed by atoms with E-state index in [0.29, 0.717) is 10.8 Å². The minimum Gasteiger partial charge on any atom is -0.456 e. The Hall–Kier alpha value is -1.78. The van der Waals surface area contributed by atoms with Crippen molar-refractivity contribution in [1.29, 1.82) is 0 Å². The number of fused-ring (bicyclic) bond motifs is 3. The van der Waals surface area contributed by atoms with E-state index in [-0.39, 0.29) is 34.8 Å². The Bertz CT molecular complexity index is 798. The number of benzene rings is 2. The van der Waals surface area contributed by atoms with Gasteiger partial charge in [0, 0.05) is 16.2 Å². The van der Waals surface area contributed by atoms with Crippen LogP contribution in [0.1, 0.15) is 4.11 Å². The van der Waals surface area contributed by atoms with E-state index in [0.717, 1.165) is 0 Å². The quantitative estimate of drug-likeness (QED) is 0.601. The van der Waals surface area contributed by atoms with E-state index in [2.05, 4.69) is 0 Å². The molecule has 0 saturated carbocycles. The number of para-hydroxylation sites is 2. The summed E-state index contributed by atoms with van der Waals surface area (Å²) < 4.78 is 28.6. The smallest absolute Gasteiger partial charge is 0.456 e. The van der Waals surface area contributed by atoms with E-state index < -0.39 is 7.12 Å². The summed E-state index contributed by atoms with van der Waals surface area (Å²) in [6, 6.07) is 6.05. The van der Waals surface area contributed by atoms with Crippen molar-refractivity contribution in [2.24, 2.45) is 0 Å². The third-order valence-corrected chi connectivity index (χ3v) is 2.50. The largest absolute Gasteiger partial charge is 0.492 e. The highest BCUT2D eigenvalue weighted by molar-refractivity contribution is 6.61. The molecule has 0 spiro atoms. The molecule has 0 saturated heterocycles. The first-order valence-corrected chi connectivity index (χ1v) is 4.77. The van der Waals surface area contributed by atoms with Crippen molar-refractivity contribution in [3.8, 4) is 0 Å². The highest BCUT2D eigenvalue weighted by Gasteiger charge is 2.18. The van der Waals surface area contributed by atoms with Gasteiger partial charge >= 0.3 is 7.12 Å². The minimum atomic E-state index is -1.75. The molecule has 78 valence electrons. The maximum absolute atomic E-state index is 9.32. The van der Waals surface area contributed by atoms with Crippen molar-refractivity contribution in [2.75, 3.05) is 0 Å². The fraction of sp³-hybridized carbons (Fsp3) is 0. The summed E-state index contributed by atoms with van der Waals surface area (Å²) in [6.45, 7) is 0. The standard InChI is InChI=1S/C12H9BO3/c14-13(15)10-6-3-5-9-8-4-1-2-7-11(8)16-12(9)10/h1-7,14-15H/i1D,3D,7D. The van der Waals surface area contributed by atoms with Gasteiger partial charge in [-0.05, 0) is 6.04 Å². The van der Waals surface area contributed by atoms with Crippen LogP contribution in [0.5, 0.6) is 0 Å². The lowest BCUT2D eigenvalue weighted by Crippen LogP contribution is -2.29. The Morgan fingerprint density at radius 3 is 2.75 bits per heavy atom. The topological polar surface area (TPSA) is 53.6 Å². The predicted molar refractivity (Wildman–Crippen MR) is 63.5 cm³/mol. The van der Waals surface area contributed by atoms with Crippen LogP contribution in [0, 0.1) is 0 Å². The average molecular weight is 215 g/mol. The SMILES string of the molecule is [2H]c1cc([2H])c2oc3c(B(O)O)cc([2H])cc3c2c1. The summed E-state index contributed by atoms with van der Waals surface area (Å²) in [5, 5.41) is 19.7. The molecule has 0 amide bonds. The van der Waals surface area contributed by atoms with Gasteiger partial charge in [-0.15, -0.1) is 0 Å². The van der Waals surface area contributed by atoms with E-state index in [1.807, 2.05) is 0 Å². The molecule has 3 aromatic rings. The molecule has 0 radical (unpaired) electrons. The lowest BCUT2D eigenvalue weighted by molar-refractivity contribution is 0.425. The second-order valence-corrected chi connectivity index (χ2v) is 3.47. The third kappa shape index (κ3) is 1.24. The summed E-state index contributed by atoms with van der Waals surface area (Å²) in [6.07, 6.45) is 0. The molecule has 1 heterocycles. The van der Waals surface area contributed by atoms with Gasteiger partial charge in [0.25, 0.3) is 0 Å². The van der Waals surface area contributed by atoms with Crippen LogP contribution in [0.2, 0.25) is 0 Å². The maximum atomic E-state index is 9.32. The second kappa shape index (κ2) is 3.37. The van der Waals surface area contributed by atoms with Crippen molar-refractivity contribution < 1.29 is 18.6 Å². The normalized spacial score (nSPS) is 13.8. The van der Waals surface area contributed by atoms with Crippen LogP contribution in [0.4, 0.5) is 0 Å². The van der Waals surface area contributed by atoms with Crippen LogP contribution in [0.15, 0.2) is 46.8 Å². The third-order valence-electron chi connectivity index (χ3n) is 2.50. The molecule has 0 aliphatic heterocycles. The average Bonchev–Trinajstić information content (AvgIpc) is 2.67. The van der Waals surface area contributed by atoms with Gasteiger partial charge in [0.1, 0.15) is 11.2 Å². The van der Waals surface area contributed by atoms with Gasteiger partial charge in [-0.2, -0.15) is 0 Å². The highest BCUT2D eigenvalue weighted by Crippen LogP contribution is 2.26. The maximum Gasteiger partial charge on any atom is 0.492 e. The summed E-state index contributed by atoms with van der Waals surface area (Å²) in [5.41, 5.74) is 0.600. The molecule has 0 unspecified atom stereocenters. The van der Waals surface area contributed by atoms with Crippen molar-refractivity contribution >= 4 is 34.5 Å². The zero-order chi connectivity index (χ0) is 13.7. The molecule has 3 nitrogen and oxygen atoms in total. The van der Waals surface area contributed by atoms with E-state index in [1.165, 1.54) is 24.3 Å². The summed E-state index contributed by atoms with van der Waals surface area (Å²) in [7, 11) is -1.75. The van der Waals surface area contributed by atoms with Gasteiger partial charge in [-0.3, -0.25) is 0 Å². The molecule has 4 heteroatoms. The minimum absolute atomic E-state index is 0.0589. The Morgan fingerprint density at radius 2 is 1.94 bits per heavy atom. The zero-order valence-corrected chi connectivity index (χ0v) is 8.19. The van der Waals surface area contributed by atoms with Crippen LogP contribution in [0.3, 0.4) is 0 Å².